The first-order valence-electron chi connectivity index (χ1n) is 6.69. The summed E-state index contributed by atoms with van der Waals surface area (Å²) in [6.45, 7) is 4.00. The van der Waals surface area contributed by atoms with Crippen molar-refractivity contribution in [2.75, 3.05) is 20.8 Å². The molecule has 2 N–H and O–H groups in total. The molecule has 0 aromatic heterocycles. The number of aliphatic carboxylic acids is 1. The van der Waals surface area contributed by atoms with Gasteiger partial charge in [-0.05, 0) is 38.1 Å². The van der Waals surface area contributed by atoms with Gasteiger partial charge in [0.15, 0.2) is 11.5 Å². The number of hydrogen-bond acceptors (Lipinski definition) is 4. The number of aryl methyl sites for hydroxylation is 1. The standard InChI is InChI=1S/C15H23NO4/c1-5-11-6-7-12(13(10-11)19-4)20-9-8-15(2,16-3)14(17)18/h6-7,10,16H,5,8-9H2,1-4H3,(H,17,18). The van der Waals surface area contributed by atoms with E-state index in [4.69, 9.17) is 14.6 Å². The van der Waals surface area contributed by atoms with Gasteiger partial charge in [-0.2, -0.15) is 0 Å². The highest BCUT2D eigenvalue weighted by molar-refractivity contribution is 5.78. The number of likely N-dealkylation sites (N-methyl/N-ethyl adjacent to an activating group) is 1. The molecule has 0 aliphatic carbocycles. The van der Waals surface area contributed by atoms with Crippen LogP contribution in [0.4, 0.5) is 0 Å². The van der Waals surface area contributed by atoms with Gasteiger partial charge in [0.25, 0.3) is 0 Å². The number of ether oxygens (including phenoxy) is 2. The molecule has 1 aromatic carbocycles. The third-order valence-corrected chi connectivity index (χ3v) is 3.52. The zero-order chi connectivity index (χ0) is 15.2. The summed E-state index contributed by atoms with van der Waals surface area (Å²) in [5.74, 6) is 0.413. The van der Waals surface area contributed by atoms with Crippen LogP contribution in [0.25, 0.3) is 0 Å². The van der Waals surface area contributed by atoms with Crippen molar-refractivity contribution >= 4 is 5.97 Å². The van der Waals surface area contributed by atoms with E-state index in [0.717, 1.165) is 6.42 Å². The van der Waals surface area contributed by atoms with Crippen molar-refractivity contribution in [1.29, 1.82) is 0 Å². The van der Waals surface area contributed by atoms with E-state index < -0.39 is 11.5 Å². The minimum Gasteiger partial charge on any atom is -0.493 e. The smallest absolute Gasteiger partial charge is 0.323 e. The zero-order valence-corrected chi connectivity index (χ0v) is 12.5. The van der Waals surface area contributed by atoms with E-state index in [1.54, 1.807) is 21.1 Å². The van der Waals surface area contributed by atoms with E-state index >= 15 is 0 Å². The highest BCUT2D eigenvalue weighted by Gasteiger charge is 2.30. The molecule has 5 heteroatoms. The lowest BCUT2D eigenvalue weighted by Gasteiger charge is -2.24. The molecule has 1 unspecified atom stereocenters. The number of carboxylic acids is 1. The number of carboxylic acid groups (broad SMARTS) is 1. The predicted molar refractivity (Wildman–Crippen MR) is 77.6 cm³/mol. The lowest BCUT2D eigenvalue weighted by molar-refractivity contribution is -0.144. The molecule has 0 aliphatic heterocycles. The average molecular weight is 281 g/mol. The number of benzene rings is 1. The Balaban J connectivity index is 2.68. The predicted octanol–water partition coefficient (Wildman–Crippen LogP) is 2.09. The lowest BCUT2D eigenvalue weighted by atomic mass is 9.99. The molecule has 0 spiro atoms. The minimum atomic E-state index is -0.989. The van der Waals surface area contributed by atoms with Crippen molar-refractivity contribution in [3.05, 3.63) is 23.8 Å². The molecule has 0 amide bonds. The molecule has 20 heavy (non-hydrogen) atoms. The molecule has 0 fully saturated rings. The quantitative estimate of drug-likeness (QED) is 0.763. The molecule has 1 rings (SSSR count). The second-order valence-corrected chi connectivity index (χ2v) is 4.82. The lowest BCUT2D eigenvalue weighted by Crippen LogP contribution is -2.48. The number of nitrogens with one attached hydrogen (secondary N) is 1. The molecule has 0 bridgehead atoms. The highest BCUT2D eigenvalue weighted by Crippen LogP contribution is 2.28. The fourth-order valence-electron chi connectivity index (χ4n) is 1.76. The number of hydrogen-bond donors (Lipinski definition) is 2. The van der Waals surface area contributed by atoms with Crippen LogP contribution in [-0.2, 0) is 11.2 Å². The fourth-order valence-corrected chi connectivity index (χ4v) is 1.76. The topological polar surface area (TPSA) is 67.8 Å². The maximum Gasteiger partial charge on any atom is 0.323 e. The molecule has 112 valence electrons. The molecule has 1 atom stereocenters. The van der Waals surface area contributed by atoms with Crippen molar-refractivity contribution in [2.45, 2.75) is 32.2 Å². The second-order valence-electron chi connectivity index (χ2n) is 4.82. The normalized spacial score (nSPS) is 13.6. The fraction of sp³-hybridized carbons (Fsp3) is 0.533. The number of methoxy groups -OCH3 is 1. The van der Waals surface area contributed by atoms with Gasteiger partial charge in [-0.15, -0.1) is 0 Å². The summed E-state index contributed by atoms with van der Waals surface area (Å²) in [7, 11) is 3.22. The summed E-state index contributed by atoms with van der Waals surface area (Å²) >= 11 is 0. The van der Waals surface area contributed by atoms with Crippen LogP contribution in [0.1, 0.15) is 25.8 Å². The van der Waals surface area contributed by atoms with Crippen molar-refractivity contribution in [3.8, 4) is 11.5 Å². The third-order valence-electron chi connectivity index (χ3n) is 3.52. The number of rotatable bonds is 8. The van der Waals surface area contributed by atoms with E-state index in [0.29, 0.717) is 24.5 Å². The second kappa shape index (κ2) is 7.14. The SMILES string of the molecule is CCc1ccc(OCCC(C)(NC)C(=O)O)c(OC)c1. The Morgan fingerprint density at radius 2 is 2.10 bits per heavy atom. The van der Waals surface area contributed by atoms with Crippen LogP contribution < -0.4 is 14.8 Å². The highest BCUT2D eigenvalue weighted by atomic mass is 16.5. The monoisotopic (exact) mass is 281 g/mol. The van der Waals surface area contributed by atoms with Gasteiger partial charge in [0.2, 0.25) is 0 Å². The largest absolute Gasteiger partial charge is 0.493 e. The Bertz CT molecular complexity index is 461. The molecule has 5 nitrogen and oxygen atoms in total. The van der Waals surface area contributed by atoms with Gasteiger partial charge in [0, 0.05) is 6.42 Å². The molecule has 0 saturated carbocycles. The van der Waals surface area contributed by atoms with Crippen LogP contribution in [0, 0.1) is 0 Å². The van der Waals surface area contributed by atoms with Crippen molar-refractivity contribution in [2.24, 2.45) is 0 Å². The summed E-state index contributed by atoms with van der Waals surface area (Å²) in [5.41, 5.74) is 0.177. The molecule has 0 radical (unpaired) electrons. The summed E-state index contributed by atoms with van der Waals surface area (Å²) in [4.78, 5) is 11.2. The van der Waals surface area contributed by atoms with Crippen LogP contribution in [0.3, 0.4) is 0 Å². The maximum atomic E-state index is 11.2. The molecule has 0 saturated heterocycles. The van der Waals surface area contributed by atoms with E-state index in [1.165, 1.54) is 5.56 Å². The van der Waals surface area contributed by atoms with Crippen LogP contribution in [0.5, 0.6) is 11.5 Å². The van der Waals surface area contributed by atoms with Gasteiger partial charge in [0.1, 0.15) is 5.54 Å². The van der Waals surface area contributed by atoms with Gasteiger partial charge in [-0.3, -0.25) is 4.79 Å². The van der Waals surface area contributed by atoms with Crippen molar-refractivity contribution in [3.63, 3.8) is 0 Å². The molecule has 0 aliphatic rings. The first kappa shape index (κ1) is 16.3. The van der Waals surface area contributed by atoms with Gasteiger partial charge < -0.3 is 19.9 Å². The van der Waals surface area contributed by atoms with Crippen LogP contribution in [-0.4, -0.2) is 37.4 Å². The molecule has 1 aromatic rings. The summed E-state index contributed by atoms with van der Waals surface area (Å²) in [6, 6.07) is 5.77. The Hall–Kier alpha value is -1.75. The third kappa shape index (κ3) is 3.87. The van der Waals surface area contributed by atoms with Crippen molar-refractivity contribution in [1.82, 2.24) is 5.32 Å². The van der Waals surface area contributed by atoms with E-state index in [-0.39, 0.29) is 0 Å². The molecule has 0 heterocycles. The van der Waals surface area contributed by atoms with Gasteiger partial charge in [-0.1, -0.05) is 13.0 Å². The Kier molecular flexibility index (Phi) is 5.82. The Morgan fingerprint density at radius 3 is 2.60 bits per heavy atom. The van der Waals surface area contributed by atoms with Crippen LogP contribution >= 0.6 is 0 Å². The van der Waals surface area contributed by atoms with Gasteiger partial charge >= 0.3 is 5.97 Å². The molecular formula is C15H23NO4. The maximum absolute atomic E-state index is 11.2. The average Bonchev–Trinajstić information content (AvgIpc) is 2.46. The molecular weight excluding hydrogens is 258 g/mol. The van der Waals surface area contributed by atoms with Crippen LogP contribution in [0.15, 0.2) is 18.2 Å². The van der Waals surface area contributed by atoms with E-state index in [2.05, 4.69) is 12.2 Å². The van der Waals surface area contributed by atoms with Crippen molar-refractivity contribution < 1.29 is 19.4 Å². The van der Waals surface area contributed by atoms with Gasteiger partial charge in [0.05, 0.1) is 13.7 Å². The first-order valence-corrected chi connectivity index (χ1v) is 6.69. The Morgan fingerprint density at radius 1 is 1.40 bits per heavy atom. The van der Waals surface area contributed by atoms with Crippen LogP contribution in [0.2, 0.25) is 0 Å². The van der Waals surface area contributed by atoms with Gasteiger partial charge in [-0.25, -0.2) is 0 Å². The minimum absolute atomic E-state index is 0.297. The zero-order valence-electron chi connectivity index (χ0n) is 12.5. The summed E-state index contributed by atoms with van der Waals surface area (Å²) < 4.78 is 10.9. The van der Waals surface area contributed by atoms with E-state index in [1.807, 2.05) is 18.2 Å². The number of carbonyl (C=O) groups is 1. The first-order chi connectivity index (χ1) is 9.46. The summed E-state index contributed by atoms with van der Waals surface area (Å²) in [6.07, 6.45) is 1.28. The van der Waals surface area contributed by atoms with E-state index in [9.17, 15) is 4.79 Å². The summed E-state index contributed by atoms with van der Waals surface area (Å²) in [5, 5.41) is 12.0. The Labute approximate surface area is 119 Å².